The zero-order valence-electron chi connectivity index (χ0n) is 16.2. The summed E-state index contributed by atoms with van der Waals surface area (Å²) in [4.78, 5) is 16.6. The molecule has 7 nitrogen and oxygen atoms in total. The number of ether oxygens (including phenoxy) is 1. The van der Waals surface area contributed by atoms with Gasteiger partial charge in [0.1, 0.15) is 12.3 Å². The average Bonchev–Trinajstić information content (AvgIpc) is 2.74. The standard InChI is InChI=1S/C21H20BrN3O4S/c1-2-29-19-9-7-18(8-10-19)25(15-21(26)24-17-4-3-13-23-14-17)30(27,28)20-11-5-16(22)6-12-20/h3-14H,2,15H2,1H3,(H,24,26). The molecular weight excluding hydrogens is 470 g/mol. The van der Waals surface area contributed by atoms with Crippen molar-refractivity contribution in [3.05, 3.63) is 77.5 Å². The van der Waals surface area contributed by atoms with Gasteiger partial charge in [-0.2, -0.15) is 0 Å². The molecule has 0 aliphatic carbocycles. The van der Waals surface area contributed by atoms with E-state index in [2.05, 4.69) is 26.2 Å². The Morgan fingerprint density at radius 3 is 2.40 bits per heavy atom. The van der Waals surface area contributed by atoms with Gasteiger partial charge in [-0.25, -0.2) is 8.42 Å². The average molecular weight is 490 g/mol. The number of carbonyl (C=O) groups excluding carboxylic acids is 1. The number of rotatable bonds is 8. The molecule has 9 heteroatoms. The Bertz CT molecular complexity index is 1090. The highest BCUT2D eigenvalue weighted by atomic mass is 79.9. The van der Waals surface area contributed by atoms with Crippen LogP contribution in [0.5, 0.6) is 5.75 Å². The monoisotopic (exact) mass is 489 g/mol. The molecule has 0 aliphatic heterocycles. The van der Waals surface area contributed by atoms with Crippen molar-refractivity contribution >= 4 is 43.2 Å². The predicted molar refractivity (Wildman–Crippen MR) is 119 cm³/mol. The van der Waals surface area contributed by atoms with Crippen LogP contribution in [0.1, 0.15) is 6.92 Å². The molecule has 1 amide bonds. The van der Waals surface area contributed by atoms with Crippen LogP contribution in [0, 0.1) is 0 Å². The molecule has 2 aromatic carbocycles. The molecule has 0 unspecified atom stereocenters. The number of amides is 1. The zero-order valence-corrected chi connectivity index (χ0v) is 18.6. The second kappa shape index (κ2) is 9.73. The number of halogens is 1. The first-order valence-corrected chi connectivity index (χ1v) is 11.3. The summed E-state index contributed by atoms with van der Waals surface area (Å²) < 4.78 is 33.9. The van der Waals surface area contributed by atoms with Gasteiger partial charge >= 0.3 is 0 Å². The number of hydrogen-bond donors (Lipinski definition) is 1. The van der Waals surface area contributed by atoms with E-state index in [9.17, 15) is 13.2 Å². The van der Waals surface area contributed by atoms with Crippen LogP contribution in [0.3, 0.4) is 0 Å². The lowest BCUT2D eigenvalue weighted by Gasteiger charge is -2.24. The topological polar surface area (TPSA) is 88.6 Å². The quantitative estimate of drug-likeness (QED) is 0.514. The highest BCUT2D eigenvalue weighted by molar-refractivity contribution is 9.10. The number of carbonyl (C=O) groups is 1. The number of nitrogens with one attached hydrogen (secondary N) is 1. The third-order valence-corrected chi connectivity index (χ3v) is 6.39. The molecule has 0 spiro atoms. The van der Waals surface area contributed by atoms with Gasteiger partial charge in [0.05, 0.1) is 29.1 Å². The van der Waals surface area contributed by atoms with Crippen LogP contribution < -0.4 is 14.4 Å². The van der Waals surface area contributed by atoms with Gasteiger partial charge in [0.15, 0.2) is 0 Å². The Kier molecular flexibility index (Phi) is 7.07. The van der Waals surface area contributed by atoms with E-state index < -0.39 is 22.5 Å². The Labute approximate surface area is 183 Å². The summed E-state index contributed by atoms with van der Waals surface area (Å²) in [5.74, 6) is 0.125. The minimum Gasteiger partial charge on any atom is -0.494 e. The second-order valence-corrected chi connectivity index (χ2v) is 8.96. The van der Waals surface area contributed by atoms with Crippen LogP contribution >= 0.6 is 15.9 Å². The Balaban J connectivity index is 1.93. The van der Waals surface area contributed by atoms with Crippen LogP contribution in [-0.4, -0.2) is 32.5 Å². The molecule has 3 aromatic rings. The van der Waals surface area contributed by atoms with Crippen LogP contribution in [-0.2, 0) is 14.8 Å². The summed E-state index contributed by atoms with van der Waals surface area (Å²) in [7, 11) is -3.99. The Morgan fingerprint density at radius 2 is 1.80 bits per heavy atom. The lowest BCUT2D eigenvalue weighted by Crippen LogP contribution is -2.38. The minimum atomic E-state index is -3.99. The molecule has 3 rings (SSSR count). The van der Waals surface area contributed by atoms with E-state index in [4.69, 9.17) is 4.74 Å². The molecule has 0 saturated heterocycles. The van der Waals surface area contributed by atoms with E-state index in [1.807, 2.05) is 6.92 Å². The highest BCUT2D eigenvalue weighted by Gasteiger charge is 2.27. The third-order valence-electron chi connectivity index (χ3n) is 4.07. The first kappa shape index (κ1) is 21.8. The first-order chi connectivity index (χ1) is 14.4. The zero-order chi connectivity index (χ0) is 21.6. The molecule has 1 N–H and O–H groups in total. The highest BCUT2D eigenvalue weighted by Crippen LogP contribution is 2.27. The molecule has 0 radical (unpaired) electrons. The number of benzene rings is 2. The van der Waals surface area contributed by atoms with E-state index in [0.29, 0.717) is 23.7 Å². The largest absolute Gasteiger partial charge is 0.494 e. The molecule has 0 atom stereocenters. The SMILES string of the molecule is CCOc1ccc(N(CC(=O)Nc2cccnc2)S(=O)(=O)c2ccc(Br)cc2)cc1. The van der Waals surface area contributed by atoms with Gasteiger partial charge in [0.2, 0.25) is 5.91 Å². The fourth-order valence-electron chi connectivity index (χ4n) is 2.69. The maximum absolute atomic E-state index is 13.3. The van der Waals surface area contributed by atoms with Crippen molar-refractivity contribution in [3.63, 3.8) is 0 Å². The molecule has 30 heavy (non-hydrogen) atoms. The number of sulfonamides is 1. The molecule has 0 fully saturated rings. The fourth-order valence-corrected chi connectivity index (χ4v) is 4.38. The molecule has 0 bridgehead atoms. The first-order valence-electron chi connectivity index (χ1n) is 9.11. The molecular formula is C21H20BrN3O4S. The molecule has 1 heterocycles. The fraction of sp³-hybridized carbons (Fsp3) is 0.143. The lowest BCUT2D eigenvalue weighted by atomic mass is 10.3. The Morgan fingerprint density at radius 1 is 1.10 bits per heavy atom. The summed E-state index contributed by atoms with van der Waals surface area (Å²) in [6, 6.07) is 16.2. The summed E-state index contributed by atoms with van der Waals surface area (Å²) in [5, 5.41) is 2.67. The van der Waals surface area contributed by atoms with Crippen molar-refractivity contribution in [2.75, 3.05) is 22.8 Å². The van der Waals surface area contributed by atoms with Crippen molar-refractivity contribution < 1.29 is 17.9 Å². The third kappa shape index (κ3) is 5.37. The van der Waals surface area contributed by atoms with Crippen LogP contribution in [0.2, 0.25) is 0 Å². The maximum Gasteiger partial charge on any atom is 0.264 e. The smallest absolute Gasteiger partial charge is 0.264 e. The van der Waals surface area contributed by atoms with Gasteiger partial charge in [0.25, 0.3) is 10.0 Å². The van der Waals surface area contributed by atoms with E-state index in [1.165, 1.54) is 18.3 Å². The maximum atomic E-state index is 13.3. The summed E-state index contributed by atoms with van der Waals surface area (Å²) in [5.41, 5.74) is 0.831. The normalized spacial score (nSPS) is 11.0. The van der Waals surface area contributed by atoms with Crippen molar-refractivity contribution in [3.8, 4) is 5.75 Å². The van der Waals surface area contributed by atoms with Gasteiger partial charge in [-0.3, -0.25) is 14.1 Å². The van der Waals surface area contributed by atoms with Crippen molar-refractivity contribution in [2.24, 2.45) is 0 Å². The van der Waals surface area contributed by atoms with Gasteiger partial charge in [-0.15, -0.1) is 0 Å². The summed E-state index contributed by atoms with van der Waals surface area (Å²) in [6.45, 7) is 1.95. The van der Waals surface area contributed by atoms with E-state index >= 15 is 0 Å². The molecule has 0 saturated carbocycles. The predicted octanol–water partition coefficient (Wildman–Crippen LogP) is 4.08. The summed E-state index contributed by atoms with van der Waals surface area (Å²) >= 11 is 3.30. The van der Waals surface area contributed by atoms with Gasteiger partial charge < -0.3 is 10.1 Å². The molecule has 156 valence electrons. The number of hydrogen-bond acceptors (Lipinski definition) is 5. The summed E-state index contributed by atoms with van der Waals surface area (Å²) in [6.07, 6.45) is 3.07. The van der Waals surface area contributed by atoms with Crippen molar-refractivity contribution in [1.29, 1.82) is 0 Å². The van der Waals surface area contributed by atoms with Crippen LogP contribution in [0.4, 0.5) is 11.4 Å². The number of nitrogens with zero attached hydrogens (tertiary/aromatic N) is 2. The number of anilines is 2. The lowest BCUT2D eigenvalue weighted by molar-refractivity contribution is -0.114. The van der Waals surface area contributed by atoms with Gasteiger partial charge in [0, 0.05) is 10.7 Å². The van der Waals surface area contributed by atoms with E-state index in [1.54, 1.807) is 54.7 Å². The van der Waals surface area contributed by atoms with E-state index in [0.717, 1.165) is 8.78 Å². The number of pyridine rings is 1. The van der Waals surface area contributed by atoms with Gasteiger partial charge in [-0.1, -0.05) is 15.9 Å². The van der Waals surface area contributed by atoms with Crippen molar-refractivity contribution in [2.45, 2.75) is 11.8 Å². The minimum absolute atomic E-state index is 0.0776. The molecule has 0 aliphatic rings. The second-order valence-electron chi connectivity index (χ2n) is 6.18. The van der Waals surface area contributed by atoms with Crippen molar-refractivity contribution in [1.82, 2.24) is 4.98 Å². The van der Waals surface area contributed by atoms with Gasteiger partial charge in [-0.05, 0) is 67.6 Å². The van der Waals surface area contributed by atoms with Crippen LogP contribution in [0.25, 0.3) is 0 Å². The Hall–Kier alpha value is -2.91. The van der Waals surface area contributed by atoms with Crippen LogP contribution in [0.15, 0.2) is 82.4 Å². The molecule has 1 aromatic heterocycles. The number of aromatic nitrogens is 1. The van der Waals surface area contributed by atoms with E-state index in [-0.39, 0.29) is 4.90 Å².